The smallest absolute Gasteiger partial charge is 0.0700 e. The predicted octanol–water partition coefficient (Wildman–Crippen LogP) is 0.892. The topological polar surface area (TPSA) is 74.3 Å². The van der Waals surface area contributed by atoms with Crippen LogP contribution < -0.4 is 11.3 Å². The van der Waals surface area contributed by atoms with Crippen molar-refractivity contribution < 1.29 is 9.47 Å². The lowest BCUT2D eigenvalue weighted by molar-refractivity contribution is 0.0657. The van der Waals surface area contributed by atoms with Gasteiger partial charge >= 0.3 is 0 Å². The van der Waals surface area contributed by atoms with E-state index in [0.29, 0.717) is 25.9 Å². The number of methoxy groups -OCH3 is 1. The zero-order valence-electron chi connectivity index (χ0n) is 12.1. The van der Waals surface area contributed by atoms with Gasteiger partial charge in [-0.25, -0.2) is 0 Å². The fraction of sp³-hybridized carbons (Fsp3) is 0.769. The highest BCUT2D eigenvalue weighted by molar-refractivity contribution is 5.01. The van der Waals surface area contributed by atoms with E-state index in [0.717, 1.165) is 18.5 Å². The molecule has 0 radical (unpaired) electrons. The molecule has 1 aromatic rings. The number of nitrogens with two attached hydrogens (primary N) is 1. The van der Waals surface area contributed by atoms with Crippen LogP contribution in [0.25, 0.3) is 0 Å². The Morgan fingerprint density at radius 2 is 2.16 bits per heavy atom. The summed E-state index contributed by atoms with van der Waals surface area (Å²) in [6.07, 6.45) is 3.67. The highest BCUT2D eigenvalue weighted by atomic mass is 16.5. The molecule has 6 heteroatoms. The highest BCUT2D eigenvalue weighted by Crippen LogP contribution is 2.07. The lowest BCUT2D eigenvalue weighted by Crippen LogP contribution is -2.37. The second-order valence-electron chi connectivity index (χ2n) is 4.84. The highest BCUT2D eigenvalue weighted by Gasteiger charge is 2.10. The van der Waals surface area contributed by atoms with Crippen LogP contribution in [-0.2, 0) is 15.9 Å². The van der Waals surface area contributed by atoms with Crippen LogP contribution in [0.1, 0.15) is 32.0 Å². The van der Waals surface area contributed by atoms with Crippen molar-refractivity contribution >= 4 is 0 Å². The van der Waals surface area contributed by atoms with Gasteiger partial charge in [-0.15, -0.1) is 0 Å². The number of ether oxygens (including phenoxy) is 2. The molecule has 6 nitrogen and oxygen atoms in total. The van der Waals surface area contributed by atoms with Crippen molar-refractivity contribution in [1.29, 1.82) is 0 Å². The second-order valence-corrected chi connectivity index (χ2v) is 4.84. The summed E-state index contributed by atoms with van der Waals surface area (Å²) in [5.41, 5.74) is 3.87. The summed E-state index contributed by atoms with van der Waals surface area (Å²) in [5, 5.41) is 4.52. The van der Waals surface area contributed by atoms with E-state index in [1.54, 1.807) is 7.11 Å². The Kier molecular flexibility index (Phi) is 7.66. The van der Waals surface area contributed by atoms with Gasteiger partial charge in [0.15, 0.2) is 0 Å². The number of nitrogens with one attached hydrogen (secondary N) is 1. The van der Waals surface area contributed by atoms with Crippen molar-refractivity contribution in [2.24, 2.45) is 5.84 Å². The number of hydrazine groups is 1. The van der Waals surface area contributed by atoms with Crippen LogP contribution in [0.4, 0.5) is 0 Å². The van der Waals surface area contributed by atoms with Crippen molar-refractivity contribution in [2.75, 3.05) is 26.9 Å². The second kappa shape index (κ2) is 9.03. The van der Waals surface area contributed by atoms with E-state index in [9.17, 15) is 0 Å². The van der Waals surface area contributed by atoms with E-state index in [4.69, 9.17) is 15.3 Å². The molecule has 0 aromatic carbocycles. The Labute approximate surface area is 115 Å². The van der Waals surface area contributed by atoms with Crippen molar-refractivity contribution in [3.05, 3.63) is 18.0 Å². The molecule has 1 unspecified atom stereocenters. The van der Waals surface area contributed by atoms with E-state index in [2.05, 4.69) is 24.4 Å². The average molecular weight is 270 g/mol. The van der Waals surface area contributed by atoms with Crippen molar-refractivity contribution in [2.45, 2.75) is 38.8 Å². The Hall–Kier alpha value is -0.950. The van der Waals surface area contributed by atoms with Gasteiger partial charge in [-0.3, -0.25) is 16.0 Å². The van der Waals surface area contributed by atoms with Gasteiger partial charge in [0.2, 0.25) is 0 Å². The molecule has 0 amide bonds. The molecule has 1 rings (SSSR count). The van der Waals surface area contributed by atoms with Crippen LogP contribution in [0, 0.1) is 0 Å². The van der Waals surface area contributed by atoms with Crippen LogP contribution in [0.15, 0.2) is 12.3 Å². The lowest BCUT2D eigenvalue weighted by Gasteiger charge is -2.14. The first-order valence-electron chi connectivity index (χ1n) is 6.74. The average Bonchev–Trinajstić information content (AvgIpc) is 2.86. The summed E-state index contributed by atoms with van der Waals surface area (Å²) in [7, 11) is 1.67. The maximum atomic E-state index is 5.56. The third-order valence-electron chi connectivity index (χ3n) is 2.93. The minimum atomic E-state index is 0.179. The Morgan fingerprint density at radius 3 is 2.74 bits per heavy atom. The summed E-state index contributed by atoms with van der Waals surface area (Å²) < 4.78 is 12.3. The fourth-order valence-electron chi connectivity index (χ4n) is 1.74. The molecule has 0 fully saturated rings. The molecule has 1 aromatic heterocycles. The molecule has 110 valence electrons. The maximum Gasteiger partial charge on any atom is 0.0700 e. The summed E-state index contributed by atoms with van der Waals surface area (Å²) in [6.45, 7) is 6.14. The van der Waals surface area contributed by atoms with E-state index < -0.39 is 0 Å². The van der Waals surface area contributed by atoms with Crippen LogP contribution in [-0.4, -0.2) is 42.8 Å². The molecular weight excluding hydrogens is 244 g/mol. The standard InChI is InChI=1S/C13H26N4O2/c1-11(2)17-6-4-13(16-17)10-12(15-14)5-7-19-9-8-18-3/h4,6,11-12,15H,5,7-10,14H2,1-3H3. The Balaban J connectivity index is 2.30. The van der Waals surface area contributed by atoms with E-state index in [1.807, 2.05) is 16.9 Å². The molecular formula is C13H26N4O2. The SMILES string of the molecule is COCCOCCC(Cc1ccn(C(C)C)n1)NN. The van der Waals surface area contributed by atoms with Gasteiger partial charge in [-0.1, -0.05) is 0 Å². The summed E-state index contributed by atoms with van der Waals surface area (Å²) >= 11 is 0. The quantitative estimate of drug-likeness (QED) is 0.375. The zero-order valence-corrected chi connectivity index (χ0v) is 12.1. The van der Waals surface area contributed by atoms with Gasteiger partial charge in [0.1, 0.15) is 0 Å². The number of rotatable bonds is 10. The molecule has 0 saturated heterocycles. The summed E-state index contributed by atoms with van der Waals surface area (Å²) in [5.74, 6) is 5.56. The third kappa shape index (κ3) is 6.15. The number of hydrogen-bond acceptors (Lipinski definition) is 5. The van der Waals surface area contributed by atoms with E-state index in [1.165, 1.54) is 0 Å². The molecule has 0 aliphatic rings. The molecule has 0 bridgehead atoms. The summed E-state index contributed by atoms with van der Waals surface area (Å²) in [4.78, 5) is 0. The molecule has 3 N–H and O–H groups in total. The zero-order chi connectivity index (χ0) is 14.1. The third-order valence-corrected chi connectivity index (χ3v) is 2.93. The van der Waals surface area contributed by atoms with Crippen LogP contribution in [0.2, 0.25) is 0 Å². The van der Waals surface area contributed by atoms with E-state index in [-0.39, 0.29) is 6.04 Å². The Morgan fingerprint density at radius 1 is 1.37 bits per heavy atom. The molecule has 1 atom stereocenters. The molecule has 1 heterocycles. The van der Waals surface area contributed by atoms with Gasteiger partial charge < -0.3 is 9.47 Å². The lowest BCUT2D eigenvalue weighted by atomic mass is 10.1. The van der Waals surface area contributed by atoms with Crippen LogP contribution >= 0.6 is 0 Å². The molecule has 0 spiro atoms. The first-order chi connectivity index (χ1) is 9.17. The van der Waals surface area contributed by atoms with Gasteiger partial charge in [0, 0.05) is 38.4 Å². The normalized spacial score (nSPS) is 13.1. The van der Waals surface area contributed by atoms with Gasteiger partial charge in [-0.2, -0.15) is 5.10 Å². The minimum Gasteiger partial charge on any atom is -0.382 e. The summed E-state index contributed by atoms with van der Waals surface area (Å²) in [6, 6.07) is 2.60. The first-order valence-corrected chi connectivity index (χ1v) is 6.74. The monoisotopic (exact) mass is 270 g/mol. The number of hydrogen-bond donors (Lipinski definition) is 2. The number of nitrogens with zero attached hydrogens (tertiary/aromatic N) is 2. The molecule has 19 heavy (non-hydrogen) atoms. The molecule has 0 aliphatic carbocycles. The first kappa shape index (κ1) is 16.1. The largest absolute Gasteiger partial charge is 0.382 e. The number of aromatic nitrogens is 2. The van der Waals surface area contributed by atoms with Gasteiger partial charge in [0.05, 0.1) is 18.9 Å². The van der Waals surface area contributed by atoms with Crippen molar-refractivity contribution in [3.63, 3.8) is 0 Å². The van der Waals surface area contributed by atoms with Gasteiger partial charge in [-0.05, 0) is 26.3 Å². The Bertz CT molecular complexity index is 341. The molecule has 0 aliphatic heterocycles. The van der Waals surface area contributed by atoms with Crippen molar-refractivity contribution in [3.8, 4) is 0 Å². The van der Waals surface area contributed by atoms with E-state index >= 15 is 0 Å². The molecule has 0 saturated carbocycles. The predicted molar refractivity (Wildman–Crippen MR) is 74.7 cm³/mol. The van der Waals surface area contributed by atoms with Crippen LogP contribution in [0.3, 0.4) is 0 Å². The van der Waals surface area contributed by atoms with Crippen molar-refractivity contribution in [1.82, 2.24) is 15.2 Å². The minimum absolute atomic E-state index is 0.179. The maximum absolute atomic E-state index is 5.56. The van der Waals surface area contributed by atoms with Gasteiger partial charge in [0.25, 0.3) is 0 Å². The van der Waals surface area contributed by atoms with Crippen LogP contribution in [0.5, 0.6) is 0 Å². The fourth-order valence-corrected chi connectivity index (χ4v) is 1.74.